The van der Waals surface area contributed by atoms with Crippen LogP contribution in [-0.2, 0) is 0 Å². The Kier molecular flexibility index (Phi) is 7.11. The summed E-state index contributed by atoms with van der Waals surface area (Å²) in [7, 11) is 0. The van der Waals surface area contributed by atoms with Gasteiger partial charge in [-0.2, -0.15) is 5.26 Å². The molecule has 0 radical (unpaired) electrons. The fraction of sp³-hybridized carbons (Fsp3) is 0.133. The standard InChI is InChI=1S/C15H17Cl2N9/c16-11-5-9(22-14(19)23-15(24-20)25-26-21)6-12(17)13(11)10-4-2-1-3-8(10)7-18/h1-6,14-15,22-24H,19-20H2,(H2,21,25). The number of nitrogens with one attached hydrogen (secondary N) is 3. The lowest BCUT2D eigenvalue weighted by Gasteiger charge is -2.21. The van der Waals surface area contributed by atoms with Crippen molar-refractivity contribution in [1.29, 1.82) is 5.26 Å². The van der Waals surface area contributed by atoms with Gasteiger partial charge in [-0.3, -0.25) is 11.6 Å². The highest BCUT2D eigenvalue weighted by Gasteiger charge is 2.15. The van der Waals surface area contributed by atoms with Crippen molar-refractivity contribution in [3.63, 3.8) is 0 Å². The molecule has 9 nitrogen and oxygen atoms in total. The molecule has 2 atom stereocenters. The minimum Gasteiger partial charge on any atom is -0.358 e. The molecular weight excluding hydrogens is 377 g/mol. The number of anilines is 1. The van der Waals surface area contributed by atoms with Crippen LogP contribution in [0.1, 0.15) is 5.56 Å². The van der Waals surface area contributed by atoms with Crippen LogP contribution in [0.3, 0.4) is 0 Å². The molecular formula is C15H17Cl2N9. The maximum absolute atomic E-state index is 9.27. The Balaban J connectivity index is 2.26. The van der Waals surface area contributed by atoms with Gasteiger partial charge in [-0.15, -0.1) is 5.11 Å². The van der Waals surface area contributed by atoms with Crippen LogP contribution in [-0.4, -0.2) is 12.6 Å². The summed E-state index contributed by atoms with van der Waals surface area (Å²) in [5.74, 6) is 10.3. The maximum Gasteiger partial charge on any atom is 0.190 e. The topological polar surface area (TPSA) is 163 Å². The third-order valence-corrected chi connectivity index (χ3v) is 3.95. The lowest BCUT2D eigenvalue weighted by molar-refractivity contribution is 0.392. The first-order chi connectivity index (χ1) is 12.5. The Morgan fingerprint density at radius 3 is 2.38 bits per heavy atom. The largest absolute Gasteiger partial charge is 0.358 e. The van der Waals surface area contributed by atoms with Crippen LogP contribution in [0.5, 0.6) is 0 Å². The van der Waals surface area contributed by atoms with Crippen molar-refractivity contribution in [2.45, 2.75) is 12.6 Å². The van der Waals surface area contributed by atoms with Gasteiger partial charge in [0.05, 0.1) is 21.7 Å². The van der Waals surface area contributed by atoms with Crippen LogP contribution in [0.2, 0.25) is 10.0 Å². The first-order valence-electron chi connectivity index (χ1n) is 7.33. The number of hydrogen-bond acceptors (Lipinski definition) is 8. The summed E-state index contributed by atoms with van der Waals surface area (Å²) in [5, 5.41) is 22.4. The summed E-state index contributed by atoms with van der Waals surface area (Å²) in [5.41, 5.74) is 10.5. The van der Waals surface area contributed by atoms with Gasteiger partial charge < -0.3 is 11.2 Å². The Labute approximate surface area is 160 Å². The molecule has 0 saturated carbocycles. The second-order valence-corrected chi connectivity index (χ2v) is 5.88. The first-order valence-corrected chi connectivity index (χ1v) is 8.08. The number of nitrogens with zero attached hydrogens (tertiary/aromatic N) is 3. The predicted molar refractivity (Wildman–Crippen MR) is 102 cm³/mol. The highest BCUT2D eigenvalue weighted by Crippen LogP contribution is 2.38. The highest BCUT2D eigenvalue weighted by atomic mass is 35.5. The molecule has 2 unspecified atom stereocenters. The number of benzene rings is 2. The van der Waals surface area contributed by atoms with Crippen molar-refractivity contribution < 1.29 is 0 Å². The van der Waals surface area contributed by atoms with E-state index < -0.39 is 12.6 Å². The van der Waals surface area contributed by atoms with Gasteiger partial charge in [0, 0.05) is 16.8 Å². The van der Waals surface area contributed by atoms with E-state index >= 15 is 0 Å². The molecule has 0 aliphatic heterocycles. The van der Waals surface area contributed by atoms with Gasteiger partial charge in [-0.1, -0.05) is 46.6 Å². The van der Waals surface area contributed by atoms with Crippen molar-refractivity contribution >= 4 is 28.9 Å². The van der Waals surface area contributed by atoms with Gasteiger partial charge >= 0.3 is 0 Å². The van der Waals surface area contributed by atoms with Crippen LogP contribution in [0.15, 0.2) is 46.7 Å². The molecule has 9 N–H and O–H groups in total. The van der Waals surface area contributed by atoms with E-state index in [2.05, 4.69) is 32.5 Å². The average molecular weight is 394 g/mol. The zero-order valence-corrected chi connectivity index (χ0v) is 15.0. The fourth-order valence-corrected chi connectivity index (χ4v) is 2.98. The molecule has 0 aliphatic carbocycles. The molecule has 0 aliphatic rings. The van der Waals surface area contributed by atoms with Crippen molar-refractivity contribution in [3.05, 3.63) is 52.0 Å². The third-order valence-electron chi connectivity index (χ3n) is 3.36. The van der Waals surface area contributed by atoms with Gasteiger partial charge in [0.2, 0.25) is 0 Å². The van der Waals surface area contributed by atoms with Crippen LogP contribution < -0.4 is 33.5 Å². The van der Waals surface area contributed by atoms with E-state index in [1.807, 2.05) is 0 Å². The predicted octanol–water partition coefficient (Wildman–Crippen LogP) is 1.85. The smallest absolute Gasteiger partial charge is 0.190 e. The molecule has 0 fully saturated rings. The van der Waals surface area contributed by atoms with E-state index in [0.717, 1.165) is 0 Å². The fourth-order valence-electron chi connectivity index (χ4n) is 2.29. The molecule has 2 aromatic carbocycles. The highest BCUT2D eigenvalue weighted by molar-refractivity contribution is 6.39. The van der Waals surface area contributed by atoms with Crippen LogP contribution in [0.25, 0.3) is 11.1 Å². The quantitative estimate of drug-likeness (QED) is 0.181. The Morgan fingerprint density at radius 2 is 1.81 bits per heavy atom. The molecule has 11 heteroatoms. The number of halogens is 2. The molecule has 0 spiro atoms. The van der Waals surface area contributed by atoms with E-state index in [9.17, 15) is 5.26 Å². The molecule has 136 valence electrons. The minimum atomic E-state index is -0.782. The SMILES string of the molecule is N#Cc1ccccc1-c1c(Cl)cc(NC(N)NC(N=NN)NN)cc1Cl. The zero-order chi connectivity index (χ0) is 19.1. The van der Waals surface area contributed by atoms with E-state index in [1.165, 1.54) is 0 Å². The molecule has 0 aromatic heterocycles. The van der Waals surface area contributed by atoms with Gasteiger partial charge in [-0.05, 0) is 18.2 Å². The van der Waals surface area contributed by atoms with Crippen molar-refractivity contribution in [1.82, 2.24) is 10.7 Å². The number of nitriles is 1. The maximum atomic E-state index is 9.27. The molecule has 0 amide bonds. The van der Waals surface area contributed by atoms with E-state index in [-0.39, 0.29) is 0 Å². The zero-order valence-electron chi connectivity index (χ0n) is 13.4. The van der Waals surface area contributed by atoms with Crippen LogP contribution in [0, 0.1) is 11.3 Å². The summed E-state index contributed by atoms with van der Waals surface area (Å²) in [6.07, 6.45) is -1.54. The Hall–Kier alpha value is -2.45. The third kappa shape index (κ3) is 4.80. The van der Waals surface area contributed by atoms with E-state index in [4.69, 9.17) is 40.6 Å². The van der Waals surface area contributed by atoms with Gasteiger partial charge in [0.1, 0.15) is 6.29 Å². The summed E-state index contributed by atoms with van der Waals surface area (Å²) in [4.78, 5) is 0. The first kappa shape index (κ1) is 19.9. The van der Waals surface area contributed by atoms with Crippen molar-refractivity contribution in [2.24, 2.45) is 27.8 Å². The molecule has 0 saturated heterocycles. The summed E-state index contributed by atoms with van der Waals surface area (Å²) < 4.78 is 0. The number of hydrazine groups is 1. The summed E-state index contributed by atoms with van der Waals surface area (Å²) in [6, 6.07) is 12.5. The molecule has 26 heavy (non-hydrogen) atoms. The van der Waals surface area contributed by atoms with Gasteiger partial charge in [0.15, 0.2) is 6.29 Å². The van der Waals surface area contributed by atoms with Crippen molar-refractivity contribution in [3.8, 4) is 17.2 Å². The average Bonchev–Trinajstić information content (AvgIpc) is 2.61. The summed E-state index contributed by atoms with van der Waals surface area (Å²) in [6.45, 7) is 0. The number of rotatable bonds is 7. The minimum absolute atomic E-state index is 0.366. The number of hydrogen-bond donors (Lipinski definition) is 6. The lowest BCUT2D eigenvalue weighted by Crippen LogP contribution is -2.55. The van der Waals surface area contributed by atoms with Crippen LogP contribution in [0.4, 0.5) is 5.69 Å². The van der Waals surface area contributed by atoms with Gasteiger partial charge in [-0.25, -0.2) is 10.7 Å². The molecule has 2 aromatic rings. The lowest BCUT2D eigenvalue weighted by atomic mass is 10.00. The molecule has 0 bridgehead atoms. The Bertz CT molecular complexity index is 811. The second-order valence-electron chi connectivity index (χ2n) is 5.06. The summed E-state index contributed by atoms with van der Waals surface area (Å²) >= 11 is 12.8. The second kappa shape index (κ2) is 9.30. The van der Waals surface area contributed by atoms with E-state index in [0.29, 0.717) is 32.4 Å². The van der Waals surface area contributed by atoms with E-state index in [1.54, 1.807) is 36.4 Å². The number of nitrogens with two attached hydrogens (primary N) is 3. The normalized spacial score (nSPS) is 13.3. The van der Waals surface area contributed by atoms with Crippen molar-refractivity contribution in [2.75, 3.05) is 5.32 Å². The Morgan fingerprint density at radius 1 is 1.15 bits per heavy atom. The molecule has 2 rings (SSSR count). The van der Waals surface area contributed by atoms with Gasteiger partial charge in [0.25, 0.3) is 0 Å². The molecule has 0 heterocycles. The van der Waals surface area contributed by atoms with Crippen LogP contribution >= 0.6 is 23.2 Å². The monoisotopic (exact) mass is 393 g/mol.